The molecule has 3 rings (SSSR count). The number of hydrogen-bond donors (Lipinski definition) is 0. The van der Waals surface area contributed by atoms with E-state index in [-0.39, 0.29) is 30.2 Å². The Morgan fingerprint density at radius 3 is 2.62 bits per heavy atom. The first-order valence-electron chi connectivity index (χ1n) is 8.07. The molecule has 0 N–H and O–H groups in total. The van der Waals surface area contributed by atoms with E-state index < -0.39 is 0 Å². The van der Waals surface area contributed by atoms with Crippen LogP contribution in [0.25, 0.3) is 0 Å². The van der Waals surface area contributed by atoms with Gasteiger partial charge in [-0.3, -0.25) is 9.59 Å². The molecule has 24 heavy (non-hydrogen) atoms. The van der Waals surface area contributed by atoms with E-state index in [0.29, 0.717) is 6.54 Å². The lowest BCUT2D eigenvalue weighted by Crippen LogP contribution is -2.35. The van der Waals surface area contributed by atoms with Crippen LogP contribution < -0.4 is 0 Å². The fourth-order valence-corrected chi connectivity index (χ4v) is 3.31. The first kappa shape index (κ1) is 16.3. The number of rotatable bonds is 4. The number of amides is 2. The Labute approximate surface area is 141 Å². The summed E-state index contributed by atoms with van der Waals surface area (Å²) in [6.45, 7) is 2.42. The predicted molar refractivity (Wildman–Crippen MR) is 90.0 cm³/mol. The van der Waals surface area contributed by atoms with E-state index in [9.17, 15) is 9.59 Å². The topological polar surface area (TPSA) is 53.8 Å². The van der Waals surface area contributed by atoms with Crippen LogP contribution in [0.15, 0.2) is 47.1 Å². The van der Waals surface area contributed by atoms with Crippen molar-refractivity contribution in [2.24, 2.45) is 5.92 Å². The first-order chi connectivity index (χ1) is 11.5. The lowest BCUT2D eigenvalue weighted by Gasteiger charge is -2.27. The zero-order valence-corrected chi connectivity index (χ0v) is 14.2. The van der Waals surface area contributed by atoms with Gasteiger partial charge in [-0.25, -0.2) is 0 Å². The molecule has 2 heterocycles. The first-order valence-corrected chi connectivity index (χ1v) is 8.07. The minimum atomic E-state index is -0.370. The highest BCUT2D eigenvalue weighted by Gasteiger charge is 2.43. The second kappa shape index (κ2) is 6.51. The minimum absolute atomic E-state index is 0.00493. The molecule has 1 aromatic heterocycles. The summed E-state index contributed by atoms with van der Waals surface area (Å²) in [5.41, 5.74) is 2.15. The SMILES string of the molecule is Cc1ccc(C2C(C(=O)N(C)Cc3ccco3)CC(=O)N2C)cc1. The lowest BCUT2D eigenvalue weighted by atomic mass is 9.92. The van der Waals surface area contributed by atoms with Gasteiger partial charge in [-0.15, -0.1) is 0 Å². The van der Waals surface area contributed by atoms with Crippen molar-refractivity contribution in [1.82, 2.24) is 9.80 Å². The van der Waals surface area contributed by atoms with Crippen molar-refractivity contribution < 1.29 is 14.0 Å². The molecular weight excluding hydrogens is 304 g/mol. The molecule has 126 valence electrons. The van der Waals surface area contributed by atoms with Crippen molar-refractivity contribution in [2.75, 3.05) is 14.1 Å². The maximum Gasteiger partial charge on any atom is 0.228 e. The van der Waals surface area contributed by atoms with Crippen molar-refractivity contribution in [3.63, 3.8) is 0 Å². The summed E-state index contributed by atoms with van der Waals surface area (Å²) in [7, 11) is 3.52. The molecule has 5 nitrogen and oxygen atoms in total. The minimum Gasteiger partial charge on any atom is -0.467 e. The van der Waals surface area contributed by atoms with Gasteiger partial charge in [0.05, 0.1) is 24.8 Å². The highest BCUT2D eigenvalue weighted by molar-refractivity contribution is 5.90. The van der Waals surface area contributed by atoms with Crippen LogP contribution in [-0.2, 0) is 16.1 Å². The number of nitrogens with zero attached hydrogens (tertiary/aromatic N) is 2. The van der Waals surface area contributed by atoms with Gasteiger partial charge in [0.25, 0.3) is 0 Å². The molecule has 0 bridgehead atoms. The molecular formula is C19H22N2O3. The zero-order valence-electron chi connectivity index (χ0n) is 14.2. The van der Waals surface area contributed by atoms with Gasteiger partial charge in [0.2, 0.25) is 11.8 Å². The summed E-state index contributed by atoms with van der Waals surface area (Å²) in [6.07, 6.45) is 1.84. The van der Waals surface area contributed by atoms with Crippen molar-refractivity contribution in [1.29, 1.82) is 0 Å². The van der Waals surface area contributed by atoms with E-state index in [2.05, 4.69) is 0 Å². The summed E-state index contributed by atoms with van der Waals surface area (Å²) >= 11 is 0. The van der Waals surface area contributed by atoms with Gasteiger partial charge >= 0.3 is 0 Å². The number of aryl methyl sites for hydroxylation is 1. The molecule has 5 heteroatoms. The fourth-order valence-electron chi connectivity index (χ4n) is 3.31. The van der Waals surface area contributed by atoms with Crippen molar-refractivity contribution in [3.05, 3.63) is 59.5 Å². The van der Waals surface area contributed by atoms with Crippen LogP contribution in [0.4, 0.5) is 0 Å². The third-order valence-electron chi connectivity index (χ3n) is 4.67. The van der Waals surface area contributed by atoms with E-state index in [4.69, 9.17) is 4.42 Å². The van der Waals surface area contributed by atoms with E-state index in [1.165, 1.54) is 0 Å². The molecule has 2 amide bonds. The fraction of sp³-hybridized carbons (Fsp3) is 0.368. The number of furan rings is 1. The Hall–Kier alpha value is -2.56. The Bertz CT molecular complexity index is 722. The molecule has 0 radical (unpaired) electrons. The number of likely N-dealkylation sites (tertiary alicyclic amines) is 1. The molecule has 0 aliphatic carbocycles. The van der Waals surface area contributed by atoms with Crippen molar-refractivity contribution in [3.8, 4) is 0 Å². The number of benzene rings is 1. The summed E-state index contributed by atoms with van der Waals surface area (Å²) in [5.74, 6) is 0.334. The third-order valence-corrected chi connectivity index (χ3v) is 4.67. The molecule has 2 atom stereocenters. The zero-order chi connectivity index (χ0) is 17.3. The summed E-state index contributed by atoms with van der Waals surface area (Å²) in [5, 5.41) is 0. The van der Waals surface area contributed by atoms with Crippen LogP contribution in [-0.4, -0.2) is 35.7 Å². The number of carbonyl (C=O) groups is 2. The molecule has 1 aromatic carbocycles. The summed E-state index contributed by atoms with van der Waals surface area (Å²) < 4.78 is 5.31. The monoisotopic (exact) mass is 326 g/mol. The Morgan fingerprint density at radius 2 is 2.00 bits per heavy atom. The number of carbonyl (C=O) groups excluding carboxylic acids is 2. The van der Waals surface area contributed by atoms with Crippen LogP contribution in [0.5, 0.6) is 0 Å². The van der Waals surface area contributed by atoms with Crippen LogP contribution in [0.3, 0.4) is 0 Å². The highest BCUT2D eigenvalue weighted by atomic mass is 16.3. The summed E-state index contributed by atoms with van der Waals surface area (Å²) in [6, 6.07) is 11.5. The van der Waals surface area contributed by atoms with Gasteiger partial charge in [-0.05, 0) is 24.6 Å². The van der Waals surface area contributed by atoms with Crippen LogP contribution in [0.2, 0.25) is 0 Å². The standard InChI is InChI=1S/C19H22N2O3/c1-13-6-8-14(9-7-13)18-16(11-17(22)21(18)3)19(23)20(2)12-15-5-4-10-24-15/h4-10,16,18H,11-12H2,1-3H3. The van der Waals surface area contributed by atoms with Crippen LogP contribution in [0.1, 0.15) is 29.3 Å². The maximum atomic E-state index is 12.9. The molecule has 0 saturated carbocycles. The van der Waals surface area contributed by atoms with Gasteiger partial charge in [-0.1, -0.05) is 29.8 Å². The van der Waals surface area contributed by atoms with Crippen LogP contribution >= 0.6 is 0 Å². The average Bonchev–Trinajstić information content (AvgIpc) is 3.17. The van der Waals surface area contributed by atoms with Gasteiger partial charge in [0.1, 0.15) is 5.76 Å². The lowest BCUT2D eigenvalue weighted by molar-refractivity contribution is -0.136. The van der Waals surface area contributed by atoms with Gasteiger partial charge in [0, 0.05) is 20.5 Å². The Kier molecular flexibility index (Phi) is 4.42. The third kappa shape index (κ3) is 3.07. The largest absolute Gasteiger partial charge is 0.467 e. The molecule has 0 spiro atoms. The van der Waals surface area contributed by atoms with Gasteiger partial charge in [-0.2, -0.15) is 0 Å². The average molecular weight is 326 g/mol. The smallest absolute Gasteiger partial charge is 0.228 e. The van der Waals surface area contributed by atoms with Gasteiger partial charge < -0.3 is 14.2 Å². The summed E-state index contributed by atoms with van der Waals surface area (Å²) in [4.78, 5) is 28.5. The van der Waals surface area contributed by atoms with Crippen molar-refractivity contribution >= 4 is 11.8 Å². The molecule has 1 saturated heterocycles. The van der Waals surface area contributed by atoms with E-state index in [0.717, 1.165) is 16.9 Å². The quantitative estimate of drug-likeness (QED) is 0.868. The predicted octanol–water partition coefficient (Wildman–Crippen LogP) is 2.77. The maximum absolute atomic E-state index is 12.9. The molecule has 1 aliphatic heterocycles. The Balaban J connectivity index is 1.82. The second-order valence-electron chi connectivity index (χ2n) is 6.44. The Morgan fingerprint density at radius 1 is 1.29 bits per heavy atom. The van der Waals surface area contributed by atoms with Crippen LogP contribution in [0, 0.1) is 12.8 Å². The molecule has 1 fully saturated rings. The normalized spacial score (nSPS) is 20.5. The van der Waals surface area contributed by atoms with Crippen molar-refractivity contribution in [2.45, 2.75) is 25.9 Å². The second-order valence-corrected chi connectivity index (χ2v) is 6.44. The number of hydrogen-bond acceptors (Lipinski definition) is 3. The van der Waals surface area contributed by atoms with E-state index >= 15 is 0 Å². The van der Waals surface area contributed by atoms with Gasteiger partial charge in [0.15, 0.2) is 0 Å². The molecule has 2 aromatic rings. The molecule has 1 aliphatic rings. The molecule has 2 unspecified atom stereocenters. The highest BCUT2D eigenvalue weighted by Crippen LogP contribution is 2.38. The van der Waals surface area contributed by atoms with E-state index in [1.807, 2.05) is 37.3 Å². The van der Waals surface area contributed by atoms with E-state index in [1.54, 1.807) is 36.2 Å².